The maximum Gasteiger partial charge on any atom is 0.513 e. The molecule has 0 saturated carbocycles. The zero-order valence-electron chi connectivity index (χ0n) is 6.41. The van der Waals surface area contributed by atoms with Gasteiger partial charge >= 0.3 is 6.16 Å². The first-order chi connectivity index (χ1) is 5.74. The molecule has 64 valence electrons. The Kier molecular flexibility index (Phi) is 2.94. The number of hydrogen-bond acceptors (Lipinski definition) is 3. The molecule has 0 aliphatic heterocycles. The van der Waals surface area contributed by atoms with Gasteiger partial charge in [0.1, 0.15) is 0 Å². The molecule has 1 aromatic carbocycles. The van der Waals surface area contributed by atoms with E-state index in [-0.39, 0.29) is 0 Å². The Bertz CT molecular complexity index is 285. The Morgan fingerprint density at radius 1 is 1.42 bits per heavy atom. The summed E-state index contributed by atoms with van der Waals surface area (Å²) in [4.78, 5) is 10.6. The normalized spacial score (nSPS) is 9.17. The van der Waals surface area contributed by atoms with Crippen molar-refractivity contribution in [1.82, 2.24) is 0 Å². The summed E-state index contributed by atoms with van der Waals surface area (Å²) in [6.45, 7) is 0. The molecule has 0 N–H and O–H groups in total. The highest BCUT2D eigenvalue weighted by Crippen LogP contribution is 2.23. The number of rotatable bonds is 1. The Hall–Kier alpha value is -1.22. The predicted molar refractivity (Wildman–Crippen MR) is 44.5 cm³/mol. The summed E-state index contributed by atoms with van der Waals surface area (Å²) in [5, 5.41) is 0.378. The van der Waals surface area contributed by atoms with Gasteiger partial charge < -0.3 is 9.47 Å². The second kappa shape index (κ2) is 3.97. The molecule has 3 nitrogen and oxygen atoms in total. The Morgan fingerprint density at radius 2 is 2.08 bits per heavy atom. The average molecular weight is 187 g/mol. The summed E-state index contributed by atoms with van der Waals surface area (Å²) >= 11 is 5.69. The molecular formula is C8H7ClO3. The molecule has 0 aromatic heterocycles. The maximum atomic E-state index is 10.6. The van der Waals surface area contributed by atoms with Gasteiger partial charge in [0.2, 0.25) is 0 Å². The van der Waals surface area contributed by atoms with E-state index < -0.39 is 6.16 Å². The van der Waals surface area contributed by atoms with Crippen molar-refractivity contribution in [3.05, 3.63) is 29.3 Å². The number of hydrogen-bond donors (Lipinski definition) is 0. The molecule has 0 fully saturated rings. The first kappa shape index (κ1) is 8.87. The van der Waals surface area contributed by atoms with E-state index >= 15 is 0 Å². The molecule has 0 saturated heterocycles. The van der Waals surface area contributed by atoms with E-state index in [2.05, 4.69) is 4.74 Å². The van der Waals surface area contributed by atoms with E-state index in [1.54, 1.807) is 24.3 Å². The van der Waals surface area contributed by atoms with Crippen molar-refractivity contribution in [2.45, 2.75) is 0 Å². The van der Waals surface area contributed by atoms with Crippen molar-refractivity contribution < 1.29 is 14.3 Å². The smallest absolute Gasteiger partial charge is 0.437 e. The summed E-state index contributed by atoms with van der Waals surface area (Å²) in [5.74, 6) is 0.297. The Morgan fingerprint density at radius 3 is 2.67 bits per heavy atom. The molecule has 1 aromatic rings. The van der Waals surface area contributed by atoms with Crippen LogP contribution in [0.3, 0.4) is 0 Å². The van der Waals surface area contributed by atoms with Crippen molar-refractivity contribution in [3.8, 4) is 5.75 Å². The molecule has 0 bridgehead atoms. The lowest BCUT2D eigenvalue weighted by Crippen LogP contribution is -2.07. The third kappa shape index (κ3) is 2.13. The van der Waals surface area contributed by atoms with Gasteiger partial charge in [-0.2, -0.15) is 0 Å². The van der Waals surface area contributed by atoms with E-state index in [1.807, 2.05) is 0 Å². The van der Waals surface area contributed by atoms with Crippen molar-refractivity contribution in [2.75, 3.05) is 7.11 Å². The minimum Gasteiger partial charge on any atom is -0.437 e. The fraction of sp³-hybridized carbons (Fsp3) is 0.125. The number of para-hydroxylation sites is 1. The van der Waals surface area contributed by atoms with Gasteiger partial charge in [-0.15, -0.1) is 0 Å². The topological polar surface area (TPSA) is 35.5 Å². The van der Waals surface area contributed by atoms with Crippen LogP contribution in [0.5, 0.6) is 5.75 Å². The third-order valence-corrected chi connectivity index (χ3v) is 1.51. The van der Waals surface area contributed by atoms with Gasteiger partial charge in [0, 0.05) is 0 Å². The molecule has 0 radical (unpaired) electrons. The monoisotopic (exact) mass is 186 g/mol. The number of ether oxygens (including phenoxy) is 2. The summed E-state index contributed by atoms with van der Waals surface area (Å²) in [6.07, 6.45) is -0.775. The molecule has 1 rings (SSSR count). The number of halogens is 1. The molecule has 0 spiro atoms. The fourth-order valence-electron chi connectivity index (χ4n) is 0.659. The number of carbonyl (C=O) groups is 1. The van der Waals surface area contributed by atoms with E-state index in [4.69, 9.17) is 16.3 Å². The van der Waals surface area contributed by atoms with Crippen LogP contribution >= 0.6 is 11.6 Å². The summed E-state index contributed by atoms with van der Waals surface area (Å²) < 4.78 is 8.99. The lowest BCUT2D eigenvalue weighted by atomic mass is 10.3. The fourth-order valence-corrected chi connectivity index (χ4v) is 0.833. The molecule has 0 aliphatic carbocycles. The summed E-state index contributed by atoms with van der Waals surface area (Å²) in [6, 6.07) is 6.66. The number of methoxy groups -OCH3 is 1. The maximum absolute atomic E-state index is 10.6. The first-order valence-corrected chi connectivity index (χ1v) is 3.62. The highest BCUT2D eigenvalue weighted by Gasteiger charge is 2.05. The van der Waals surface area contributed by atoms with Crippen LogP contribution in [0.25, 0.3) is 0 Å². The SMILES string of the molecule is COC(=O)Oc1ccccc1Cl. The zero-order valence-corrected chi connectivity index (χ0v) is 7.17. The van der Waals surface area contributed by atoms with Crippen LogP contribution in [0.1, 0.15) is 0 Å². The standard InChI is InChI=1S/C8H7ClO3/c1-11-8(10)12-7-5-3-2-4-6(7)9/h2-5H,1H3. The zero-order chi connectivity index (χ0) is 8.97. The van der Waals surface area contributed by atoms with Gasteiger partial charge in [-0.3, -0.25) is 0 Å². The van der Waals surface area contributed by atoms with E-state index in [1.165, 1.54) is 7.11 Å². The second-order valence-corrected chi connectivity index (χ2v) is 2.39. The van der Waals surface area contributed by atoms with Crippen LogP contribution in [-0.4, -0.2) is 13.3 Å². The Balaban J connectivity index is 2.75. The number of benzene rings is 1. The van der Waals surface area contributed by atoms with Crippen LogP contribution in [0, 0.1) is 0 Å². The molecule has 0 atom stereocenters. The van der Waals surface area contributed by atoms with Crippen molar-refractivity contribution in [2.24, 2.45) is 0 Å². The minimum atomic E-state index is -0.775. The lowest BCUT2D eigenvalue weighted by Gasteiger charge is -2.02. The van der Waals surface area contributed by atoms with Gasteiger partial charge in [-0.25, -0.2) is 4.79 Å². The van der Waals surface area contributed by atoms with Gasteiger partial charge in [0.15, 0.2) is 5.75 Å². The van der Waals surface area contributed by atoms with Crippen LogP contribution in [0.2, 0.25) is 5.02 Å². The molecule has 12 heavy (non-hydrogen) atoms. The van der Waals surface area contributed by atoms with Gasteiger partial charge in [-0.05, 0) is 12.1 Å². The lowest BCUT2D eigenvalue weighted by molar-refractivity contribution is 0.121. The highest BCUT2D eigenvalue weighted by molar-refractivity contribution is 6.32. The summed E-state index contributed by atoms with van der Waals surface area (Å²) in [5.41, 5.74) is 0. The second-order valence-electron chi connectivity index (χ2n) is 1.99. The quantitative estimate of drug-likeness (QED) is 0.499. The highest BCUT2D eigenvalue weighted by atomic mass is 35.5. The first-order valence-electron chi connectivity index (χ1n) is 3.24. The number of carbonyl (C=O) groups excluding carboxylic acids is 1. The predicted octanol–water partition coefficient (Wildman–Crippen LogP) is 2.49. The van der Waals surface area contributed by atoms with Crippen LogP contribution in [-0.2, 0) is 4.74 Å². The Labute approximate surface area is 74.9 Å². The van der Waals surface area contributed by atoms with Crippen molar-refractivity contribution in [1.29, 1.82) is 0 Å². The molecular weight excluding hydrogens is 180 g/mol. The van der Waals surface area contributed by atoms with E-state index in [0.717, 1.165) is 0 Å². The molecule has 0 unspecified atom stereocenters. The van der Waals surface area contributed by atoms with Crippen LogP contribution in [0.15, 0.2) is 24.3 Å². The third-order valence-electron chi connectivity index (χ3n) is 1.20. The van der Waals surface area contributed by atoms with Gasteiger partial charge in [0.05, 0.1) is 12.1 Å². The van der Waals surface area contributed by atoms with Crippen molar-refractivity contribution in [3.63, 3.8) is 0 Å². The van der Waals surface area contributed by atoms with Gasteiger partial charge in [0.25, 0.3) is 0 Å². The average Bonchev–Trinajstić information content (AvgIpc) is 2.09. The molecule has 0 heterocycles. The van der Waals surface area contributed by atoms with Crippen LogP contribution < -0.4 is 4.74 Å². The van der Waals surface area contributed by atoms with Crippen LogP contribution in [0.4, 0.5) is 4.79 Å². The van der Waals surface area contributed by atoms with E-state index in [0.29, 0.717) is 10.8 Å². The summed E-state index contributed by atoms with van der Waals surface area (Å²) in [7, 11) is 1.24. The van der Waals surface area contributed by atoms with E-state index in [9.17, 15) is 4.79 Å². The molecule has 0 aliphatic rings. The van der Waals surface area contributed by atoms with Crippen molar-refractivity contribution >= 4 is 17.8 Å². The van der Waals surface area contributed by atoms with Gasteiger partial charge in [-0.1, -0.05) is 23.7 Å². The molecule has 0 amide bonds. The molecule has 4 heteroatoms. The largest absolute Gasteiger partial charge is 0.513 e. The minimum absolute atomic E-state index is 0.297.